The normalized spacial score (nSPS) is 11.8. The second kappa shape index (κ2) is 16.2. The lowest BCUT2D eigenvalue weighted by atomic mass is 10.0. The third-order valence-corrected chi connectivity index (χ3v) is 6.23. The number of amides is 1. The molecule has 0 fully saturated rings. The van der Waals surface area contributed by atoms with Gasteiger partial charge in [0.15, 0.2) is 0 Å². The maximum absolute atomic E-state index is 13.7. The zero-order chi connectivity index (χ0) is 34.1. The van der Waals surface area contributed by atoms with Crippen LogP contribution < -0.4 is 4.74 Å². The van der Waals surface area contributed by atoms with E-state index in [1.54, 1.807) is 0 Å². The highest BCUT2D eigenvalue weighted by Gasteiger charge is 2.37. The first kappa shape index (κ1) is 37.7. The molecule has 1 amide bonds. The molecule has 3 aromatic rings. The van der Waals surface area contributed by atoms with Crippen LogP contribution in [-0.2, 0) is 18.9 Å². The van der Waals surface area contributed by atoms with Crippen LogP contribution in [0.1, 0.15) is 27.0 Å². The standard InChI is InChI=1S/C25H22ClF7N4O2.C4H11NO/c1-36(2)6-7-39-23-34-12-19(21(35-23)18-5-4-17(27)11-20(18)26)22(38)37(3)13-14-8-15(24(28,29)30)10-16(9-14)25(31,32)33;1-5(2)3-4-6/h4-5,8-12H,6-7,13H2,1-3H3;6H,3-4H2,1-2H3. The average Bonchev–Trinajstić information content (AvgIpc) is 2.91. The van der Waals surface area contributed by atoms with Crippen molar-refractivity contribution in [1.29, 1.82) is 0 Å². The Morgan fingerprint density at radius 2 is 1.49 bits per heavy atom. The molecule has 0 atom stereocenters. The molecule has 8 nitrogen and oxygen atoms in total. The summed E-state index contributed by atoms with van der Waals surface area (Å²) in [7, 11) is 8.67. The van der Waals surface area contributed by atoms with E-state index in [2.05, 4.69) is 9.97 Å². The van der Waals surface area contributed by atoms with Gasteiger partial charge in [0, 0.05) is 38.4 Å². The lowest BCUT2D eigenvalue weighted by Gasteiger charge is -2.21. The second-order valence-electron chi connectivity index (χ2n) is 10.3. The number of benzene rings is 2. The summed E-state index contributed by atoms with van der Waals surface area (Å²) in [5.74, 6) is -1.49. The molecule has 0 radical (unpaired) electrons. The minimum atomic E-state index is -5.04. The Morgan fingerprint density at radius 1 is 0.911 bits per heavy atom. The summed E-state index contributed by atoms with van der Waals surface area (Å²) in [5, 5.41) is 8.10. The first-order valence-electron chi connectivity index (χ1n) is 13.2. The van der Waals surface area contributed by atoms with E-state index < -0.39 is 47.3 Å². The molecule has 0 spiro atoms. The minimum absolute atomic E-state index is 0.00280. The Bertz CT molecular complexity index is 1400. The van der Waals surface area contributed by atoms with Gasteiger partial charge >= 0.3 is 18.4 Å². The van der Waals surface area contributed by atoms with Crippen LogP contribution in [0.5, 0.6) is 6.01 Å². The van der Waals surface area contributed by atoms with Gasteiger partial charge in [-0.15, -0.1) is 0 Å². The summed E-state index contributed by atoms with van der Waals surface area (Å²) in [6.45, 7) is 1.11. The van der Waals surface area contributed by atoms with Crippen LogP contribution in [-0.4, -0.2) is 97.2 Å². The topological polar surface area (TPSA) is 82.0 Å². The lowest BCUT2D eigenvalue weighted by molar-refractivity contribution is -0.143. The number of carbonyl (C=O) groups is 1. The van der Waals surface area contributed by atoms with E-state index >= 15 is 0 Å². The molecule has 16 heteroatoms. The van der Waals surface area contributed by atoms with Gasteiger partial charge in [-0.3, -0.25) is 4.79 Å². The number of nitrogens with zero attached hydrogens (tertiary/aromatic N) is 5. The number of ether oxygens (including phenoxy) is 1. The van der Waals surface area contributed by atoms with E-state index in [4.69, 9.17) is 21.4 Å². The summed E-state index contributed by atoms with van der Waals surface area (Å²) < 4.78 is 98.7. The van der Waals surface area contributed by atoms with E-state index in [9.17, 15) is 35.5 Å². The average molecular weight is 668 g/mol. The molecule has 0 aliphatic carbocycles. The van der Waals surface area contributed by atoms with Crippen molar-refractivity contribution in [2.24, 2.45) is 0 Å². The highest BCUT2D eigenvalue weighted by atomic mass is 35.5. The summed E-state index contributed by atoms with van der Waals surface area (Å²) >= 11 is 6.18. The Balaban J connectivity index is 0.00000107. The van der Waals surface area contributed by atoms with Gasteiger partial charge in [-0.25, -0.2) is 9.37 Å². The first-order valence-corrected chi connectivity index (χ1v) is 13.6. The van der Waals surface area contributed by atoms with Gasteiger partial charge in [0.25, 0.3) is 5.91 Å². The smallest absolute Gasteiger partial charge is 0.416 e. The van der Waals surface area contributed by atoms with E-state index in [1.165, 1.54) is 13.1 Å². The molecule has 0 unspecified atom stereocenters. The van der Waals surface area contributed by atoms with E-state index in [1.807, 2.05) is 38.0 Å². The van der Waals surface area contributed by atoms with Crippen molar-refractivity contribution in [1.82, 2.24) is 24.7 Å². The Kier molecular flexibility index (Phi) is 13.5. The van der Waals surface area contributed by atoms with Crippen molar-refractivity contribution in [3.63, 3.8) is 0 Å². The molecule has 1 aromatic heterocycles. The molecule has 45 heavy (non-hydrogen) atoms. The highest BCUT2D eigenvalue weighted by Crippen LogP contribution is 2.37. The molecule has 3 rings (SSSR count). The zero-order valence-electron chi connectivity index (χ0n) is 25.1. The quantitative estimate of drug-likeness (QED) is 0.277. The number of aliphatic hydroxyl groups excluding tert-OH is 1. The van der Waals surface area contributed by atoms with Gasteiger partial charge in [-0.1, -0.05) is 11.6 Å². The minimum Gasteiger partial charge on any atom is -0.462 e. The third-order valence-electron chi connectivity index (χ3n) is 5.91. The van der Waals surface area contributed by atoms with Gasteiger partial charge in [0.05, 0.1) is 34.0 Å². The predicted molar refractivity (Wildman–Crippen MR) is 154 cm³/mol. The maximum Gasteiger partial charge on any atom is 0.416 e. The Hall–Kier alpha value is -3.53. The summed E-state index contributed by atoms with van der Waals surface area (Å²) in [4.78, 5) is 26.2. The third kappa shape index (κ3) is 11.7. The number of likely N-dealkylation sites (N-methyl/N-ethyl adjacent to an activating group) is 2. The number of alkyl halides is 6. The molecule has 0 saturated heterocycles. The van der Waals surface area contributed by atoms with Gasteiger partial charge in [-0.05, 0) is 70.2 Å². The van der Waals surface area contributed by atoms with E-state index in [0.717, 1.165) is 29.8 Å². The van der Waals surface area contributed by atoms with E-state index in [-0.39, 0.29) is 47.1 Å². The second-order valence-corrected chi connectivity index (χ2v) is 10.7. The molecule has 0 bridgehead atoms. The van der Waals surface area contributed by atoms with Crippen LogP contribution in [0.3, 0.4) is 0 Å². The highest BCUT2D eigenvalue weighted by molar-refractivity contribution is 6.33. The van der Waals surface area contributed by atoms with Gasteiger partial charge in [0.1, 0.15) is 12.4 Å². The molecular formula is C29H33ClF7N5O3. The molecule has 0 aliphatic heterocycles. The largest absolute Gasteiger partial charge is 0.462 e. The van der Waals surface area contributed by atoms with Crippen molar-refractivity contribution in [3.8, 4) is 17.3 Å². The molecule has 248 valence electrons. The van der Waals surface area contributed by atoms with Crippen LogP contribution in [0.2, 0.25) is 5.02 Å². The number of rotatable bonds is 10. The maximum atomic E-state index is 13.7. The number of aliphatic hydroxyl groups is 1. The van der Waals surface area contributed by atoms with Crippen LogP contribution in [0.25, 0.3) is 11.3 Å². The fraction of sp³-hybridized carbons (Fsp3) is 0.414. The predicted octanol–water partition coefficient (Wildman–Crippen LogP) is 5.73. The molecule has 1 N–H and O–H groups in total. The number of hydrogen-bond acceptors (Lipinski definition) is 7. The number of carbonyl (C=O) groups excluding carboxylic acids is 1. The molecular weight excluding hydrogens is 635 g/mol. The number of hydrogen-bond donors (Lipinski definition) is 1. The van der Waals surface area contributed by atoms with E-state index in [0.29, 0.717) is 18.7 Å². The Morgan fingerprint density at radius 3 is 1.96 bits per heavy atom. The van der Waals surface area contributed by atoms with Crippen LogP contribution in [0.4, 0.5) is 30.7 Å². The van der Waals surface area contributed by atoms with Crippen LogP contribution in [0, 0.1) is 5.82 Å². The summed E-state index contributed by atoms with van der Waals surface area (Å²) in [6, 6.07) is 4.29. The summed E-state index contributed by atoms with van der Waals surface area (Å²) in [5.41, 5.74) is -3.53. The molecule has 2 aromatic carbocycles. The molecule has 0 saturated carbocycles. The van der Waals surface area contributed by atoms with Crippen molar-refractivity contribution in [3.05, 3.63) is 75.7 Å². The van der Waals surface area contributed by atoms with Crippen LogP contribution in [0.15, 0.2) is 42.6 Å². The van der Waals surface area contributed by atoms with Crippen molar-refractivity contribution in [2.45, 2.75) is 18.9 Å². The number of halogens is 8. The fourth-order valence-corrected chi connectivity index (χ4v) is 3.92. The molecule has 0 aliphatic rings. The van der Waals surface area contributed by atoms with Gasteiger partial charge in [-0.2, -0.15) is 31.3 Å². The number of aromatic nitrogens is 2. The lowest BCUT2D eigenvalue weighted by Crippen LogP contribution is -2.28. The first-order chi connectivity index (χ1) is 20.8. The van der Waals surface area contributed by atoms with Crippen LogP contribution >= 0.6 is 11.6 Å². The SMILES string of the molecule is CN(C)CCO.CN(C)CCOc1ncc(C(=O)N(C)Cc2cc(C(F)(F)F)cc(C(F)(F)F)c2)c(-c2ccc(F)cc2Cl)n1. The monoisotopic (exact) mass is 667 g/mol. The zero-order valence-corrected chi connectivity index (χ0v) is 25.9. The fourth-order valence-electron chi connectivity index (χ4n) is 3.66. The van der Waals surface area contributed by atoms with Gasteiger partial charge < -0.3 is 24.5 Å². The Labute approximate surface area is 261 Å². The van der Waals surface area contributed by atoms with Crippen molar-refractivity contribution < 1.29 is 45.4 Å². The summed E-state index contributed by atoms with van der Waals surface area (Å²) in [6.07, 6.45) is -8.98. The van der Waals surface area contributed by atoms with Gasteiger partial charge in [0.2, 0.25) is 0 Å². The van der Waals surface area contributed by atoms with Crippen molar-refractivity contribution >= 4 is 17.5 Å². The molecule has 1 heterocycles. The van der Waals surface area contributed by atoms with Crippen molar-refractivity contribution in [2.75, 3.05) is 61.5 Å².